The fraction of sp³-hybridized carbons (Fsp3) is 0.667. The van der Waals surface area contributed by atoms with Crippen molar-refractivity contribution in [3.63, 3.8) is 0 Å². The van der Waals surface area contributed by atoms with Gasteiger partial charge in [-0.05, 0) is 5.57 Å². The molecule has 0 heterocycles. The molecule has 10 heavy (non-hydrogen) atoms. The van der Waals surface area contributed by atoms with Gasteiger partial charge in [-0.1, -0.05) is 6.58 Å². The van der Waals surface area contributed by atoms with Crippen LogP contribution in [-0.2, 0) is 4.74 Å². The largest absolute Gasteiger partial charge is 0.371 e. The van der Waals surface area contributed by atoms with Crippen LogP contribution in [0, 0.1) is 0 Å². The van der Waals surface area contributed by atoms with Crippen molar-refractivity contribution in [3.8, 4) is 0 Å². The first-order valence-corrected chi connectivity index (χ1v) is 3.28. The van der Waals surface area contributed by atoms with Crippen LogP contribution in [-0.4, -0.2) is 25.5 Å². The SMILES string of the molecule is C=C(CCl)COCC(F)F. The van der Waals surface area contributed by atoms with Crippen LogP contribution in [0.2, 0.25) is 0 Å². The van der Waals surface area contributed by atoms with Crippen LogP contribution < -0.4 is 0 Å². The average molecular weight is 171 g/mol. The maximum atomic E-state index is 11.4. The highest BCUT2D eigenvalue weighted by molar-refractivity contribution is 6.19. The maximum absolute atomic E-state index is 11.4. The number of hydrogen-bond donors (Lipinski definition) is 0. The lowest BCUT2D eigenvalue weighted by Gasteiger charge is -2.02. The van der Waals surface area contributed by atoms with Gasteiger partial charge < -0.3 is 4.74 Å². The molecule has 0 aliphatic carbocycles. The molecular weight excluding hydrogens is 162 g/mol. The molecule has 0 N–H and O–H groups in total. The Labute approximate surface area is 63.6 Å². The van der Waals surface area contributed by atoms with Gasteiger partial charge in [0.15, 0.2) is 0 Å². The molecule has 1 nitrogen and oxygen atoms in total. The summed E-state index contributed by atoms with van der Waals surface area (Å²) in [5.41, 5.74) is 0.613. The Hall–Kier alpha value is -0.150. The predicted octanol–water partition coefficient (Wildman–Crippen LogP) is 2.06. The van der Waals surface area contributed by atoms with Crippen LogP contribution in [0.1, 0.15) is 0 Å². The van der Waals surface area contributed by atoms with Crippen molar-refractivity contribution >= 4 is 11.6 Å². The molecule has 4 heteroatoms. The molecule has 0 saturated heterocycles. The summed E-state index contributed by atoms with van der Waals surface area (Å²) in [7, 11) is 0. The van der Waals surface area contributed by atoms with E-state index in [1.165, 1.54) is 0 Å². The molecule has 0 aliphatic heterocycles. The molecule has 0 amide bonds. The quantitative estimate of drug-likeness (QED) is 0.453. The molecule has 0 aromatic heterocycles. The normalized spacial score (nSPS) is 10.4. The maximum Gasteiger partial charge on any atom is 0.261 e. The van der Waals surface area contributed by atoms with Crippen molar-refractivity contribution in [1.82, 2.24) is 0 Å². The van der Waals surface area contributed by atoms with Gasteiger partial charge in [0.1, 0.15) is 6.61 Å². The third-order valence-electron chi connectivity index (χ3n) is 0.739. The van der Waals surface area contributed by atoms with E-state index in [1.807, 2.05) is 0 Å². The number of ether oxygens (including phenoxy) is 1. The molecule has 60 valence electrons. The van der Waals surface area contributed by atoms with Crippen LogP contribution in [0.15, 0.2) is 12.2 Å². The second-order valence-electron chi connectivity index (χ2n) is 1.79. The first-order valence-electron chi connectivity index (χ1n) is 2.75. The van der Waals surface area contributed by atoms with Crippen LogP contribution >= 0.6 is 11.6 Å². The summed E-state index contributed by atoms with van der Waals surface area (Å²) in [6.07, 6.45) is -2.41. The van der Waals surface area contributed by atoms with Crippen LogP contribution in [0.3, 0.4) is 0 Å². The average Bonchev–Trinajstić information content (AvgIpc) is 1.87. The Balaban J connectivity index is 3.12. The Morgan fingerprint density at radius 2 is 2.20 bits per heavy atom. The highest BCUT2D eigenvalue weighted by atomic mass is 35.5. The van der Waals surface area contributed by atoms with E-state index in [2.05, 4.69) is 11.3 Å². The Morgan fingerprint density at radius 1 is 1.60 bits per heavy atom. The van der Waals surface area contributed by atoms with Gasteiger partial charge in [0.25, 0.3) is 6.43 Å². The molecule has 0 fully saturated rings. The lowest BCUT2D eigenvalue weighted by atomic mass is 10.4. The highest BCUT2D eigenvalue weighted by Crippen LogP contribution is 1.97. The molecule has 0 radical (unpaired) electrons. The smallest absolute Gasteiger partial charge is 0.261 e. The second kappa shape index (κ2) is 5.62. The van der Waals surface area contributed by atoms with Crippen molar-refractivity contribution in [1.29, 1.82) is 0 Å². The summed E-state index contributed by atoms with van der Waals surface area (Å²) in [4.78, 5) is 0. The van der Waals surface area contributed by atoms with Gasteiger partial charge in [-0.15, -0.1) is 11.6 Å². The molecular formula is C6H9ClF2O. The zero-order valence-corrected chi connectivity index (χ0v) is 6.20. The molecule has 0 aliphatic rings. The number of alkyl halides is 3. The van der Waals surface area contributed by atoms with E-state index in [0.717, 1.165) is 0 Å². The van der Waals surface area contributed by atoms with E-state index < -0.39 is 13.0 Å². The number of halogens is 3. The minimum absolute atomic E-state index is 0.119. The molecule has 0 unspecified atom stereocenters. The minimum Gasteiger partial charge on any atom is -0.371 e. The Bertz CT molecular complexity index is 106. The van der Waals surface area contributed by atoms with Gasteiger partial charge >= 0.3 is 0 Å². The summed E-state index contributed by atoms with van der Waals surface area (Å²) in [6.45, 7) is 3.04. The van der Waals surface area contributed by atoms with E-state index in [9.17, 15) is 8.78 Å². The van der Waals surface area contributed by atoms with E-state index in [1.54, 1.807) is 0 Å². The van der Waals surface area contributed by atoms with Crippen molar-refractivity contribution in [2.24, 2.45) is 0 Å². The van der Waals surface area contributed by atoms with Crippen LogP contribution in [0.5, 0.6) is 0 Å². The van der Waals surface area contributed by atoms with Crippen molar-refractivity contribution in [2.45, 2.75) is 6.43 Å². The number of rotatable bonds is 5. The van der Waals surface area contributed by atoms with Gasteiger partial charge in [0.2, 0.25) is 0 Å². The molecule has 0 aromatic rings. The van der Waals surface area contributed by atoms with Crippen LogP contribution in [0.4, 0.5) is 8.78 Å². The summed E-state index contributed by atoms with van der Waals surface area (Å²) < 4.78 is 27.3. The van der Waals surface area contributed by atoms with Gasteiger partial charge in [0.05, 0.1) is 6.61 Å². The Kier molecular flexibility index (Phi) is 5.54. The highest BCUT2D eigenvalue weighted by Gasteiger charge is 2.01. The molecule has 0 spiro atoms. The topological polar surface area (TPSA) is 9.23 Å². The van der Waals surface area contributed by atoms with Crippen molar-refractivity contribution in [2.75, 3.05) is 19.1 Å². The predicted molar refractivity (Wildman–Crippen MR) is 36.7 cm³/mol. The van der Waals surface area contributed by atoms with E-state index in [0.29, 0.717) is 5.57 Å². The van der Waals surface area contributed by atoms with E-state index >= 15 is 0 Å². The molecule has 0 rings (SSSR count). The zero-order valence-electron chi connectivity index (χ0n) is 5.45. The molecule has 0 saturated carbocycles. The third kappa shape index (κ3) is 5.98. The van der Waals surface area contributed by atoms with Crippen LogP contribution in [0.25, 0.3) is 0 Å². The zero-order chi connectivity index (χ0) is 7.98. The lowest BCUT2D eigenvalue weighted by molar-refractivity contribution is 0.0265. The third-order valence-corrected chi connectivity index (χ3v) is 1.12. The van der Waals surface area contributed by atoms with E-state index in [-0.39, 0.29) is 12.5 Å². The van der Waals surface area contributed by atoms with Crippen molar-refractivity contribution < 1.29 is 13.5 Å². The molecule has 0 aromatic carbocycles. The first-order chi connectivity index (χ1) is 4.66. The standard InChI is InChI=1S/C6H9ClF2O/c1-5(2-7)3-10-4-6(8)9/h6H,1-4H2. The summed E-state index contributed by atoms with van der Waals surface area (Å²) >= 11 is 5.30. The number of hydrogen-bond acceptors (Lipinski definition) is 1. The Morgan fingerprint density at radius 3 is 2.60 bits per heavy atom. The summed E-state index contributed by atoms with van der Waals surface area (Å²) in [5.74, 6) is 0.253. The van der Waals surface area contributed by atoms with Gasteiger partial charge in [-0.3, -0.25) is 0 Å². The van der Waals surface area contributed by atoms with E-state index in [4.69, 9.17) is 11.6 Å². The first kappa shape index (κ1) is 9.85. The molecule has 0 atom stereocenters. The monoisotopic (exact) mass is 170 g/mol. The van der Waals surface area contributed by atoms with Crippen molar-refractivity contribution in [3.05, 3.63) is 12.2 Å². The van der Waals surface area contributed by atoms with Gasteiger partial charge in [-0.25, -0.2) is 8.78 Å². The minimum atomic E-state index is -2.41. The fourth-order valence-corrected chi connectivity index (χ4v) is 0.408. The fourth-order valence-electron chi connectivity index (χ4n) is 0.331. The lowest BCUT2D eigenvalue weighted by Crippen LogP contribution is -2.06. The van der Waals surface area contributed by atoms with Gasteiger partial charge in [-0.2, -0.15) is 0 Å². The molecule has 0 bridgehead atoms. The summed E-state index contributed by atoms with van der Waals surface area (Å²) in [5, 5.41) is 0. The van der Waals surface area contributed by atoms with Gasteiger partial charge in [0, 0.05) is 5.88 Å². The summed E-state index contributed by atoms with van der Waals surface area (Å²) in [6, 6.07) is 0. The second-order valence-corrected chi connectivity index (χ2v) is 2.06.